The molecule has 4 N–H and O–H groups in total. The van der Waals surface area contributed by atoms with Gasteiger partial charge in [0.25, 0.3) is 0 Å². The maximum Gasteiger partial charge on any atom is 0.187 e. The van der Waals surface area contributed by atoms with Gasteiger partial charge in [0.05, 0.1) is 11.0 Å². The lowest BCUT2D eigenvalue weighted by atomic mass is 9.99. The van der Waals surface area contributed by atoms with Crippen molar-refractivity contribution in [3.8, 4) is 0 Å². The Hall–Kier alpha value is -1.80. The molecule has 1 aromatic heterocycles. The number of aliphatic hydroxyl groups is 2. The van der Waals surface area contributed by atoms with Gasteiger partial charge in [-0.15, -0.1) is 0 Å². The molecule has 24 heavy (non-hydrogen) atoms. The van der Waals surface area contributed by atoms with Crippen LogP contribution in [0.4, 0.5) is 0 Å². The van der Waals surface area contributed by atoms with Gasteiger partial charge in [-0.3, -0.25) is 4.98 Å². The highest BCUT2D eigenvalue weighted by molar-refractivity contribution is 7.92. The van der Waals surface area contributed by atoms with Gasteiger partial charge in [0.1, 0.15) is 11.4 Å². The average molecular weight is 353 g/mol. The van der Waals surface area contributed by atoms with Crippen LogP contribution >= 0.6 is 0 Å². The molecule has 0 saturated carbocycles. The average Bonchev–Trinajstić information content (AvgIpc) is 2.77. The smallest absolute Gasteiger partial charge is 0.187 e. The van der Waals surface area contributed by atoms with Crippen LogP contribution in [0.3, 0.4) is 0 Å². The molecule has 1 aliphatic heterocycles. The zero-order valence-corrected chi connectivity index (χ0v) is 14.4. The predicted octanol–water partition coefficient (Wildman–Crippen LogP) is 1.28. The van der Waals surface area contributed by atoms with Crippen molar-refractivity contribution in [1.82, 2.24) is 4.98 Å². The normalized spacial score (nSPS) is 24.6. The van der Waals surface area contributed by atoms with Crippen molar-refractivity contribution in [3.63, 3.8) is 0 Å². The van der Waals surface area contributed by atoms with Crippen LogP contribution in [0.5, 0.6) is 0 Å². The first-order valence-corrected chi connectivity index (χ1v) is 9.15. The molecule has 1 aliphatic carbocycles. The summed E-state index contributed by atoms with van der Waals surface area (Å²) in [6.07, 6.45) is 9.69. The van der Waals surface area contributed by atoms with Crippen LogP contribution in [-0.2, 0) is 9.84 Å². The van der Waals surface area contributed by atoms with E-state index in [1.54, 1.807) is 18.2 Å². The summed E-state index contributed by atoms with van der Waals surface area (Å²) in [7, 11) is -3.79. The van der Waals surface area contributed by atoms with Gasteiger partial charge in [0, 0.05) is 18.0 Å². The van der Waals surface area contributed by atoms with Gasteiger partial charge in [-0.2, -0.15) is 0 Å². The Morgan fingerprint density at radius 3 is 2.67 bits per heavy atom. The first kappa shape index (κ1) is 20.2. The second kappa shape index (κ2) is 8.34. The molecule has 3 rings (SSSR count). The summed E-state index contributed by atoms with van der Waals surface area (Å²) in [4.78, 5) is 3.89. The number of nitrogens with zero attached hydrogens (tertiary/aromatic N) is 1. The van der Waals surface area contributed by atoms with E-state index in [1.807, 2.05) is 26.0 Å². The third kappa shape index (κ3) is 3.49. The maximum atomic E-state index is 12.5. The van der Waals surface area contributed by atoms with E-state index in [0.717, 1.165) is 6.42 Å². The molecular formula is C17H23NO5S. The number of fused-ring (bicyclic) bond motifs is 1. The molecule has 0 saturated heterocycles. The van der Waals surface area contributed by atoms with Crippen molar-refractivity contribution in [2.24, 2.45) is 0 Å². The van der Waals surface area contributed by atoms with Gasteiger partial charge in [-0.25, -0.2) is 8.42 Å². The molecule has 0 spiro atoms. The number of rotatable bonds is 2. The first-order valence-electron chi connectivity index (χ1n) is 7.60. The molecule has 2 aliphatic rings. The fourth-order valence-electron chi connectivity index (χ4n) is 2.69. The standard InChI is InChI=1S/C15H15NO4S.C2H6.H2O/c17-13(10-5-3-1-2-4-6-10)15-14(18)11-9-16-8-7-12(11)21(15,19)20;1-2;/h1,3-9,13-15,17-18H,2H2;1-2H3;1H2. The lowest BCUT2D eigenvalue weighted by Crippen LogP contribution is -2.35. The van der Waals surface area contributed by atoms with E-state index in [2.05, 4.69) is 4.98 Å². The van der Waals surface area contributed by atoms with Crippen LogP contribution < -0.4 is 0 Å². The van der Waals surface area contributed by atoms with Gasteiger partial charge < -0.3 is 15.7 Å². The third-order valence-electron chi connectivity index (χ3n) is 3.76. The largest absolute Gasteiger partial charge is 0.412 e. The van der Waals surface area contributed by atoms with E-state index in [1.165, 1.54) is 18.5 Å². The molecule has 0 fully saturated rings. The van der Waals surface area contributed by atoms with E-state index in [-0.39, 0.29) is 15.9 Å². The number of hydrogen-bond acceptors (Lipinski definition) is 5. The highest BCUT2D eigenvalue weighted by Gasteiger charge is 2.48. The number of sulfone groups is 1. The van der Waals surface area contributed by atoms with Crippen LogP contribution in [0, 0.1) is 0 Å². The molecule has 0 radical (unpaired) electrons. The molecule has 7 heteroatoms. The van der Waals surface area contributed by atoms with Crippen molar-refractivity contribution < 1.29 is 24.1 Å². The fourth-order valence-corrected chi connectivity index (χ4v) is 4.72. The Morgan fingerprint density at radius 2 is 2.00 bits per heavy atom. The molecule has 1 aromatic rings. The summed E-state index contributed by atoms with van der Waals surface area (Å²) in [6.45, 7) is 4.00. The summed E-state index contributed by atoms with van der Waals surface area (Å²) in [6, 6.07) is 1.36. The molecule has 3 atom stereocenters. The van der Waals surface area contributed by atoms with Gasteiger partial charge in [0.2, 0.25) is 0 Å². The van der Waals surface area contributed by atoms with Crippen molar-refractivity contribution in [1.29, 1.82) is 0 Å². The maximum absolute atomic E-state index is 12.5. The van der Waals surface area contributed by atoms with E-state index >= 15 is 0 Å². The molecule has 0 aromatic carbocycles. The summed E-state index contributed by atoms with van der Waals surface area (Å²) < 4.78 is 25.1. The van der Waals surface area contributed by atoms with E-state index < -0.39 is 27.3 Å². The van der Waals surface area contributed by atoms with Crippen LogP contribution in [0.15, 0.2) is 59.3 Å². The van der Waals surface area contributed by atoms with Crippen molar-refractivity contribution in [2.45, 2.75) is 42.6 Å². The SMILES string of the molecule is CC.O.O=S1(=O)c2ccncc2C(O)C1C(O)C1=CC=CCC=C1. The van der Waals surface area contributed by atoms with Crippen LogP contribution in [0.2, 0.25) is 0 Å². The third-order valence-corrected chi connectivity index (χ3v) is 5.98. The quantitative estimate of drug-likeness (QED) is 0.830. The minimum Gasteiger partial charge on any atom is -0.412 e. The van der Waals surface area contributed by atoms with Crippen molar-refractivity contribution in [3.05, 3.63) is 60.0 Å². The van der Waals surface area contributed by atoms with Crippen LogP contribution in [0.1, 0.15) is 31.9 Å². The lowest BCUT2D eigenvalue weighted by molar-refractivity contribution is 0.108. The second-order valence-electron chi connectivity index (χ2n) is 5.05. The zero-order valence-electron chi connectivity index (χ0n) is 13.6. The second-order valence-corrected chi connectivity index (χ2v) is 7.12. The Morgan fingerprint density at radius 1 is 1.29 bits per heavy atom. The minimum absolute atomic E-state index is 0. The summed E-state index contributed by atoms with van der Waals surface area (Å²) in [5.74, 6) is 0. The number of aromatic nitrogens is 1. The number of allylic oxidation sites excluding steroid dienone is 4. The van der Waals surface area contributed by atoms with E-state index in [0.29, 0.717) is 5.57 Å². The van der Waals surface area contributed by atoms with E-state index in [9.17, 15) is 18.6 Å². The van der Waals surface area contributed by atoms with E-state index in [4.69, 9.17) is 0 Å². The number of aliphatic hydroxyl groups excluding tert-OH is 2. The Balaban J connectivity index is 0.000000925. The van der Waals surface area contributed by atoms with Crippen molar-refractivity contribution in [2.75, 3.05) is 0 Å². The monoisotopic (exact) mass is 353 g/mol. The van der Waals surface area contributed by atoms with Gasteiger partial charge >= 0.3 is 0 Å². The number of pyridine rings is 1. The predicted molar refractivity (Wildman–Crippen MR) is 92.1 cm³/mol. The van der Waals surface area contributed by atoms with Crippen molar-refractivity contribution >= 4 is 9.84 Å². The molecule has 132 valence electrons. The summed E-state index contributed by atoms with van der Waals surface area (Å²) in [5, 5.41) is 19.5. The lowest BCUT2D eigenvalue weighted by Gasteiger charge is -2.21. The molecule has 0 bridgehead atoms. The Labute approximate surface area is 142 Å². The van der Waals surface area contributed by atoms with Gasteiger partial charge in [-0.1, -0.05) is 44.2 Å². The minimum atomic E-state index is -3.79. The summed E-state index contributed by atoms with van der Waals surface area (Å²) >= 11 is 0. The Bertz CT molecular complexity index is 752. The van der Waals surface area contributed by atoms with Gasteiger partial charge in [-0.05, 0) is 18.1 Å². The molecule has 2 heterocycles. The van der Waals surface area contributed by atoms with Crippen LogP contribution in [-0.4, -0.2) is 40.4 Å². The number of hydrogen-bond donors (Lipinski definition) is 2. The van der Waals surface area contributed by atoms with Gasteiger partial charge in [0.15, 0.2) is 9.84 Å². The first-order chi connectivity index (χ1) is 11.0. The molecular weight excluding hydrogens is 330 g/mol. The Kier molecular flexibility index (Phi) is 7.04. The summed E-state index contributed by atoms with van der Waals surface area (Å²) in [5.41, 5.74) is 0.715. The molecule has 3 unspecified atom stereocenters. The van der Waals surface area contributed by atoms with Crippen LogP contribution in [0.25, 0.3) is 0 Å². The molecule has 0 amide bonds. The highest BCUT2D eigenvalue weighted by Crippen LogP contribution is 2.41. The highest BCUT2D eigenvalue weighted by atomic mass is 32.2. The molecule has 6 nitrogen and oxygen atoms in total. The topological polar surface area (TPSA) is 119 Å². The zero-order chi connectivity index (χ0) is 17.0. The fraction of sp³-hybridized carbons (Fsp3) is 0.353.